The van der Waals surface area contributed by atoms with E-state index < -0.39 is 5.97 Å². The van der Waals surface area contributed by atoms with Crippen LogP contribution in [0.25, 0.3) is 6.08 Å². The maximum absolute atomic E-state index is 12.1. The number of carbonyl (C=O) groups excluding carboxylic acids is 1. The van der Waals surface area contributed by atoms with Gasteiger partial charge in [-0.05, 0) is 18.6 Å². The van der Waals surface area contributed by atoms with Gasteiger partial charge < -0.3 is 9.84 Å². The summed E-state index contributed by atoms with van der Waals surface area (Å²) in [6.07, 6.45) is 4.71. The van der Waals surface area contributed by atoms with Gasteiger partial charge in [0.25, 0.3) is 5.91 Å². The van der Waals surface area contributed by atoms with Crippen molar-refractivity contribution in [3.8, 4) is 0 Å². The molecule has 0 spiro atoms. The zero-order chi connectivity index (χ0) is 14.6. The van der Waals surface area contributed by atoms with Crippen LogP contribution in [0.5, 0.6) is 0 Å². The zero-order valence-electron chi connectivity index (χ0n) is 11.2. The molecule has 1 fully saturated rings. The molecule has 3 aliphatic rings. The third-order valence-corrected chi connectivity index (χ3v) is 4.05. The standard InChI is InChI=1S/C14H13N3O4/c18-13-10(11-1-2-12(14(19)20)17(11)13)6-8-5-9-3-4-21-7-16(9)15-8/h2,5-6,11H,1,3-4,7H2,(H,19,20)/b10-6+. The average Bonchev–Trinajstić information content (AvgIpc) is 3.05. The highest BCUT2D eigenvalue weighted by Crippen LogP contribution is 2.38. The lowest BCUT2D eigenvalue weighted by atomic mass is 9.93. The van der Waals surface area contributed by atoms with Gasteiger partial charge in [0.15, 0.2) is 0 Å². The normalized spacial score (nSPS) is 25.4. The summed E-state index contributed by atoms with van der Waals surface area (Å²) >= 11 is 0. The van der Waals surface area contributed by atoms with Crippen LogP contribution in [0.15, 0.2) is 23.4 Å². The van der Waals surface area contributed by atoms with Gasteiger partial charge in [0, 0.05) is 17.7 Å². The number of fused-ring (bicyclic) bond motifs is 2. The van der Waals surface area contributed by atoms with Crippen LogP contribution in [0.1, 0.15) is 17.8 Å². The Morgan fingerprint density at radius 3 is 3.14 bits per heavy atom. The summed E-state index contributed by atoms with van der Waals surface area (Å²) in [5.41, 5.74) is 2.52. The first-order valence-corrected chi connectivity index (χ1v) is 6.78. The Morgan fingerprint density at radius 2 is 2.38 bits per heavy atom. The first-order valence-electron chi connectivity index (χ1n) is 6.78. The molecule has 1 atom stereocenters. The quantitative estimate of drug-likeness (QED) is 0.628. The lowest BCUT2D eigenvalue weighted by Gasteiger charge is -2.38. The molecule has 1 unspecified atom stereocenters. The van der Waals surface area contributed by atoms with Crippen LogP contribution < -0.4 is 0 Å². The molecular weight excluding hydrogens is 274 g/mol. The minimum absolute atomic E-state index is 0.0830. The summed E-state index contributed by atoms with van der Waals surface area (Å²) in [5.74, 6) is -1.30. The lowest BCUT2D eigenvalue weighted by molar-refractivity contribution is -0.142. The monoisotopic (exact) mass is 287 g/mol. The first kappa shape index (κ1) is 12.3. The molecule has 1 amide bonds. The zero-order valence-corrected chi connectivity index (χ0v) is 11.2. The van der Waals surface area contributed by atoms with Gasteiger partial charge in [0.05, 0.1) is 18.3 Å². The maximum Gasteiger partial charge on any atom is 0.352 e. The van der Waals surface area contributed by atoms with E-state index in [2.05, 4.69) is 5.10 Å². The Morgan fingerprint density at radius 1 is 1.52 bits per heavy atom. The van der Waals surface area contributed by atoms with Crippen LogP contribution in [-0.4, -0.2) is 44.3 Å². The van der Waals surface area contributed by atoms with Crippen molar-refractivity contribution in [2.45, 2.75) is 25.6 Å². The summed E-state index contributed by atoms with van der Waals surface area (Å²) in [4.78, 5) is 24.5. The number of carbonyl (C=O) groups is 2. The molecule has 1 N–H and O–H groups in total. The second-order valence-corrected chi connectivity index (χ2v) is 5.27. The van der Waals surface area contributed by atoms with Gasteiger partial charge in [-0.15, -0.1) is 0 Å². The van der Waals surface area contributed by atoms with Crippen molar-refractivity contribution in [1.29, 1.82) is 0 Å². The summed E-state index contributed by atoms with van der Waals surface area (Å²) in [5, 5.41) is 13.4. The topological polar surface area (TPSA) is 84.7 Å². The van der Waals surface area contributed by atoms with E-state index in [0.29, 0.717) is 25.3 Å². The molecule has 0 radical (unpaired) electrons. The van der Waals surface area contributed by atoms with Gasteiger partial charge in [-0.1, -0.05) is 6.08 Å². The number of rotatable bonds is 2. The molecule has 1 saturated heterocycles. The van der Waals surface area contributed by atoms with E-state index in [1.165, 1.54) is 4.90 Å². The van der Waals surface area contributed by atoms with Gasteiger partial charge in [-0.2, -0.15) is 5.10 Å². The second-order valence-electron chi connectivity index (χ2n) is 5.27. The van der Waals surface area contributed by atoms with E-state index >= 15 is 0 Å². The highest BCUT2D eigenvalue weighted by atomic mass is 16.5. The van der Waals surface area contributed by atoms with Crippen molar-refractivity contribution in [1.82, 2.24) is 14.7 Å². The molecule has 1 aromatic heterocycles. The summed E-state index contributed by atoms with van der Waals surface area (Å²) < 4.78 is 7.10. The van der Waals surface area contributed by atoms with Crippen LogP contribution in [-0.2, 0) is 27.5 Å². The molecule has 0 saturated carbocycles. The molecule has 21 heavy (non-hydrogen) atoms. The molecule has 0 aromatic carbocycles. The minimum atomic E-state index is -1.06. The van der Waals surface area contributed by atoms with Crippen LogP contribution in [0, 0.1) is 0 Å². The van der Waals surface area contributed by atoms with Crippen molar-refractivity contribution in [2.24, 2.45) is 0 Å². The molecule has 3 aliphatic heterocycles. The maximum atomic E-state index is 12.1. The smallest absolute Gasteiger partial charge is 0.352 e. The Bertz CT molecular complexity index is 692. The molecule has 7 heteroatoms. The molecule has 4 heterocycles. The second kappa shape index (κ2) is 4.29. The largest absolute Gasteiger partial charge is 0.477 e. The molecule has 7 nitrogen and oxygen atoms in total. The molecule has 0 aliphatic carbocycles. The van der Waals surface area contributed by atoms with Gasteiger partial charge in [-0.25, -0.2) is 9.48 Å². The van der Waals surface area contributed by atoms with Gasteiger partial charge in [-0.3, -0.25) is 9.69 Å². The van der Waals surface area contributed by atoms with Crippen LogP contribution in [0.2, 0.25) is 0 Å². The fraction of sp³-hybridized carbons (Fsp3) is 0.357. The SMILES string of the molecule is O=C(O)C1=CCC2/C(=C\c3cc4n(n3)COCC4)C(=O)N12. The van der Waals surface area contributed by atoms with E-state index in [1.807, 2.05) is 6.07 Å². The van der Waals surface area contributed by atoms with Gasteiger partial charge in [0.1, 0.15) is 12.4 Å². The number of carboxylic acid groups (broad SMARTS) is 1. The number of carboxylic acids is 1. The van der Waals surface area contributed by atoms with E-state index in [9.17, 15) is 9.59 Å². The fourth-order valence-corrected chi connectivity index (χ4v) is 3.02. The number of nitrogens with zero attached hydrogens (tertiary/aromatic N) is 3. The van der Waals surface area contributed by atoms with E-state index in [4.69, 9.17) is 9.84 Å². The fourth-order valence-electron chi connectivity index (χ4n) is 3.02. The number of aliphatic carboxylic acids is 1. The van der Waals surface area contributed by atoms with Gasteiger partial charge >= 0.3 is 5.97 Å². The Kier molecular flexibility index (Phi) is 2.52. The molecule has 1 aromatic rings. The van der Waals surface area contributed by atoms with Crippen molar-refractivity contribution >= 4 is 18.0 Å². The Balaban J connectivity index is 1.60. The van der Waals surface area contributed by atoms with Crippen molar-refractivity contribution < 1.29 is 19.4 Å². The molecular formula is C14H13N3O4. The summed E-state index contributed by atoms with van der Waals surface area (Å²) in [6, 6.07) is 1.80. The van der Waals surface area contributed by atoms with Crippen molar-refractivity contribution in [2.75, 3.05) is 6.61 Å². The van der Waals surface area contributed by atoms with Crippen LogP contribution in [0.4, 0.5) is 0 Å². The minimum Gasteiger partial charge on any atom is -0.477 e. The predicted molar refractivity (Wildman–Crippen MR) is 70.8 cm³/mol. The van der Waals surface area contributed by atoms with E-state index in [-0.39, 0.29) is 17.6 Å². The van der Waals surface area contributed by atoms with Crippen molar-refractivity contribution in [3.05, 3.63) is 34.8 Å². The Hall–Kier alpha value is -2.41. The highest BCUT2D eigenvalue weighted by molar-refractivity contribution is 6.10. The number of ether oxygens (including phenoxy) is 1. The molecule has 0 bridgehead atoms. The number of β-lactam (4-membered cyclic amide) rings is 1. The highest BCUT2D eigenvalue weighted by Gasteiger charge is 2.48. The molecule has 4 rings (SSSR count). The lowest BCUT2D eigenvalue weighted by Crippen LogP contribution is -2.52. The molecule has 108 valence electrons. The van der Waals surface area contributed by atoms with Crippen LogP contribution >= 0.6 is 0 Å². The number of hydrogen-bond donors (Lipinski definition) is 1. The van der Waals surface area contributed by atoms with Gasteiger partial charge in [0.2, 0.25) is 0 Å². The summed E-state index contributed by atoms with van der Waals surface area (Å²) in [7, 11) is 0. The average molecular weight is 287 g/mol. The number of amides is 1. The number of hydrogen-bond acceptors (Lipinski definition) is 4. The third-order valence-electron chi connectivity index (χ3n) is 4.05. The van der Waals surface area contributed by atoms with Crippen LogP contribution in [0.3, 0.4) is 0 Å². The predicted octanol–water partition coefficient (Wildman–Crippen LogP) is 0.380. The first-order chi connectivity index (χ1) is 10.1. The third kappa shape index (κ3) is 1.74. The van der Waals surface area contributed by atoms with E-state index in [0.717, 1.165) is 17.8 Å². The Labute approximate surface area is 120 Å². The number of aromatic nitrogens is 2. The summed E-state index contributed by atoms with van der Waals surface area (Å²) in [6.45, 7) is 1.12. The van der Waals surface area contributed by atoms with E-state index in [1.54, 1.807) is 16.8 Å². The van der Waals surface area contributed by atoms with Crippen molar-refractivity contribution in [3.63, 3.8) is 0 Å².